The van der Waals surface area contributed by atoms with E-state index < -0.39 is 0 Å². The number of likely N-dealkylation sites (tertiary alicyclic amines) is 1. The quantitative estimate of drug-likeness (QED) is 0.396. The monoisotopic (exact) mass is 328 g/mol. The molecule has 1 rings (SSSR count). The molecule has 134 valence electrons. The van der Waals surface area contributed by atoms with Crippen molar-refractivity contribution in [2.24, 2.45) is 10.9 Å². The lowest BCUT2D eigenvalue weighted by Gasteiger charge is -2.34. The van der Waals surface area contributed by atoms with Gasteiger partial charge in [-0.05, 0) is 26.8 Å². The highest BCUT2D eigenvalue weighted by atomic mass is 16.5. The number of hydrogen-bond acceptors (Lipinski definition) is 5. The van der Waals surface area contributed by atoms with Gasteiger partial charge in [0.15, 0.2) is 5.96 Å². The molecule has 7 nitrogen and oxygen atoms in total. The maximum atomic E-state index is 11.9. The molecule has 1 saturated heterocycles. The number of carbonyl (C=O) groups is 1. The molecule has 1 unspecified atom stereocenters. The predicted molar refractivity (Wildman–Crippen MR) is 91.7 cm³/mol. The Balaban J connectivity index is 2.40. The Kier molecular flexibility index (Phi) is 9.63. The molecular weight excluding hydrogens is 296 g/mol. The second-order valence-corrected chi connectivity index (χ2v) is 5.81. The minimum Gasteiger partial charge on any atom is -0.466 e. The van der Waals surface area contributed by atoms with Gasteiger partial charge in [-0.15, -0.1) is 0 Å². The molecule has 1 N–H and O–H groups in total. The highest BCUT2D eigenvalue weighted by Crippen LogP contribution is 2.17. The van der Waals surface area contributed by atoms with Gasteiger partial charge in [0.2, 0.25) is 0 Å². The Morgan fingerprint density at radius 3 is 2.87 bits per heavy atom. The van der Waals surface area contributed by atoms with Crippen molar-refractivity contribution in [1.82, 2.24) is 15.1 Å². The molecule has 1 fully saturated rings. The number of guanidine groups is 1. The molecule has 23 heavy (non-hydrogen) atoms. The average molecular weight is 328 g/mol. The summed E-state index contributed by atoms with van der Waals surface area (Å²) in [6, 6.07) is 0. The fourth-order valence-corrected chi connectivity index (χ4v) is 2.67. The first-order chi connectivity index (χ1) is 11.1. The first-order valence-electron chi connectivity index (χ1n) is 8.42. The summed E-state index contributed by atoms with van der Waals surface area (Å²) < 4.78 is 10.2. The Labute approximate surface area is 140 Å². The van der Waals surface area contributed by atoms with Gasteiger partial charge in [0.05, 0.1) is 19.1 Å². The zero-order chi connectivity index (χ0) is 17.1. The van der Waals surface area contributed by atoms with E-state index in [0.717, 1.165) is 51.6 Å². The summed E-state index contributed by atoms with van der Waals surface area (Å²) in [4.78, 5) is 20.6. The van der Waals surface area contributed by atoms with Crippen molar-refractivity contribution in [3.05, 3.63) is 0 Å². The van der Waals surface area contributed by atoms with E-state index in [-0.39, 0.29) is 11.9 Å². The third kappa shape index (κ3) is 7.18. The Morgan fingerprint density at radius 1 is 1.43 bits per heavy atom. The Hall–Kier alpha value is -1.34. The van der Waals surface area contributed by atoms with Gasteiger partial charge in [0.1, 0.15) is 0 Å². The predicted octanol–water partition coefficient (Wildman–Crippen LogP) is 0.415. The van der Waals surface area contributed by atoms with Crippen molar-refractivity contribution in [1.29, 1.82) is 0 Å². The Bertz CT molecular complexity index is 376. The van der Waals surface area contributed by atoms with Crippen molar-refractivity contribution in [2.75, 3.05) is 67.1 Å². The first kappa shape index (κ1) is 19.7. The molecule has 0 aromatic carbocycles. The second kappa shape index (κ2) is 11.2. The number of nitrogens with one attached hydrogen (secondary N) is 1. The van der Waals surface area contributed by atoms with Crippen molar-refractivity contribution in [3.8, 4) is 0 Å². The molecule has 0 amide bonds. The van der Waals surface area contributed by atoms with Crippen LogP contribution in [0.2, 0.25) is 0 Å². The van der Waals surface area contributed by atoms with E-state index in [9.17, 15) is 4.79 Å². The van der Waals surface area contributed by atoms with Crippen LogP contribution in [0.15, 0.2) is 4.99 Å². The van der Waals surface area contributed by atoms with Crippen molar-refractivity contribution < 1.29 is 14.3 Å². The Morgan fingerprint density at radius 2 is 2.22 bits per heavy atom. The standard InChI is InChI=1S/C16H32N4O3/c1-5-23-15(21)14-7-6-9-20(13-14)16(17-2)18-8-10-19(3)11-12-22-4/h14H,5-13H2,1-4H3,(H,17,18). The fourth-order valence-electron chi connectivity index (χ4n) is 2.67. The van der Waals surface area contributed by atoms with Crippen molar-refractivity contribution >= 4 is 11.9 Å². The van der Waals surface area contributed by atoms with Gasteiger partial charge < -0.3 is 24.6 Å². The van der Waals surface area contributed by atoms with Crippen LogP contribution in [0.25, 0.3) is 0 Å². The van der Waals surface area contributed by atoms with Gasteiger partial charge in [-0.3, -0.25) is 9.79 Å². The van der Waals surface area contributed by atoms with Crippen molar-refractivity contribution in [2.45, 2.75) is 19.8 Å². The van der Waals surface area contributed by atoms with Gasteiger partial charge in [0.25, 0.3) is 0 Å². The molecule has 0 spiro atoms. The molecule has 0 radical (unpaired) electrons. The number of rotatable bonds is 8. The van der Waals surface area contributed by atoms with Crippen LogP contribution in [0.4, 0.5) is 0 Å². The van der Waals surface area contributed by atoms with Gasteiger partial charge in [-0.2, -0.15) is 0 Å². The highest BCUT2D eigenvalue weighted by molar-refractivity contribution is 5.81. The zero-order valence-electron chi connectivity index (χ0n) is 15.0. The van der Waals surface area contributed by atoms with Crippen LogP contribution >= 0.6 is 0 Å². The summed E-state index contributed by atoms with van der Waals surface area (Å²) in [7, 11) is 5.57. The lowest BCUT2D eigenvalue weighted by Crippen LogP contribution is -2.49. The van der Waals surface area contributed by atoms with Gasteiger partial charge in [-0.25, -0.2) is 0 Å². The summed E-state index contributed by atoms with van der Waals surface area (Å²) in [5, 5.41) is 3.38. The molecule has 0 bridgehead atoms. The van der Waals surface area contributed by atoms with Gasteiger partial charge in [-0.1, -0.05) is 0 Å². The number of carbonyl (C=O) groups excluding carboxylic acids is 1. The summed E-state index contributed by atoms with van der Waals surface area (Å²) in [6.45, 7) is 7.26. The van der Waals surface area contributed by atoms with E-state index in [1.165, 1.54) is 0 Å². The minimum absolute atomic E-state index is 0.0494. The largest absolute Gasteiger partial charge is 0.466 e. The summed E-state index contributed by atoms with van der Waals surface area (Å²) >= 11 is 0. The van der Waals surface area contributed by atoms with E-state index in [1.807, 2.05) is 6.92 Å². The summed E-state index contributed by atoms with van der Waals surface area (Å²) in [5.41, 5.74) is 0. The lowest BCUT2D eigenvalue weighted by molar-refractivity contribution is -0.149. The second-order valence-electron chi connectivity index (χ2n) is 5.81. The van der Waals surface area contributed by atoms with E-state index >= 15 is 0 Å². The lowest BCUT2D eigenvalue weighted by atomic mass is 9.98. The number of esters is 1. The molecule has 0 aliphatic carbocycles. The van der Waals surface area contributed by atoms with Crippen LogP contribution in [0, 0.1) is 5.92 Å². The van der Waals surface area contributed by atoms with Crippen LogP contribution < -0.4 is 5.32 Å². The number of aliphatic imine (C=N–C) groups is 1. The summed E-state index contributed by atoms with van der Waals surface area (Å²) in [6.07, 6.45) is 1.88. The molecule has 7 heteroatoms. The molecule has 0 saturated carbocycles. The fraction of sp³-hybridized carbons (Fsp3) is 0.875. The number of piperidine rings is 1. The third-order valence-corrected chi connectivity index (χ3v) is 4.01. The number of hydrogen-bond donors (Lipinski definition) is 1. The minimum atomic E-state index is -0.0908. The van der Waals surface area contributed by atoms with Crippen LogP contribution in [-0.2, 0) is 14.3 Å². The maximum Gasteiger partial charge on any atom is 0.310 e. The van der Waals surface area contributed by atoms with Gasteiger partial charge >= 0.3 is 5.97 Å². The van der Waals surface area contributed by atoms with E-state index in [2.05, 4.69) is 27.2 Å². The molecule has 1 aliphatic rings. The third-order valence-electron chi connectivity index (χ3n) is 4.01. The van der Waals surface area contributed by atoms with E-state index in [4.69, 9.17) is 9.47 Å². The molecule has 1 heterocycles. The average Bonchev–Trinajstić information content (AvgIpc) is 2.57. The van der Waals surface area contributed by atoms with Crippen LogP contribution in [0.5, 0.6) is 0 Å². The van der Waals surface area contributed by atoms with Crippen LogP contribution in [0.1, 0.15) is 19.8 Å². The molecule has 1 aliphatic heterocycles. The summed E-state index contributed by atoms with van der Waals surface area (Å²) in [5.74, 6) is 0.720. The smallest absolute Gasteiger partial charge is 0.310 e. The van der Waals surface area contributed by atoms with Crippen LogP contribution in [0.3, 0.4) is 0 Å². The number of methoxy groups -OCH3 is 1. The molecule has 0 aromatic rings. The first-order valence-corrected chi connectivity index (χ1v) is 8.42. The van der Waals surface area contributed by atoms with E-state index in [0.29, 0.717) is 13.2 Å². The molecule has 0 aromatic heterocycles. The molecule has 1 atom stereocenters. The number of likely N-dealkylation sites (N-methyl/N-ethyl adjacent to an activating group) is 1. The normalized spacial score (nSPS) is 19.1. The number of ether oxygens (including phenoxy) is 2. The van der Waals surface area contributed by atoms with E-state index in [1.54, 1.807) is 14.2 Å². The van der Waals surface area contributed by atoms with Crippen LogP contribution in [-0.4, -0.2) is 88.9 Å². The maximum absolute atomic E-state index is 11.9. The van der Waals surface area contributed by atoms with Gasteiger partial charge in [0, 0.05) is 46.9 Å². The highest BCUT2D eigenvalue weighted by Gasteiger charge is 2.28. The topological polar surface area (TPSA) is 66.4 Å². The SMILES string of the molecule is CCOC(=O)C1CCCN(C(=NC)NCCN(C)CCOC)C1. The number of nitrogens with zero attached hydrogens (tertiary/aromatic N) is 3. The molecular formula is C16H32N4O3. The van der Waals surface area contributed by atoms with Crippen molar-refractivity contribution in [3.63, 3.8) is 0 Å². The zero-order valence-corrected chi connectivity index (χ0v) is 15.0.